The van der Waals surface area contributed by atoms with Gasteiger partial charge in [-0.3, -0.25) is 9.59 Å². The highest BCUT2D eigenvalue weighted by Gasteiger charge is 2.40. The highest BCUT2D eigenvalue weighted by Crippen LogP contribution is 2.38. The van der Waals surface area contributed by atoms with Crippen molar-refractivity contribution >= 4 is 11.8 Å². The molecule has 108 valence electrons. The maximum absolute atomic E-state index is 12.0. The van der Waals surface area contributed by atoms with Crippen LogP contribution in [-0.2, 0) is 9.53 Å². The number of hydrogen-bond donors (Lipinski definition) is 0. The zero-order valence-electron chi connectivity index (χ0n) is 10.8. The van der Waals surface area contributed by atoms with Crippen molar-refractivity contribution in [2.75, 3.05) is 6.61 Å². The first kappa shape index (κ1) is 14.4. The zero-order valence-corrected chi connectivity index (χ0v) is 10.8. The molecule has 0 aliphatic heterocycles. The third kappa shape index (κ3) is 3.76. The first-order valence-electron chi connectivity index (χ1n) is 6.22. The van der Waals surface area contributed by atoms with Crippen LogP contribution in [0.2, 0.25) is 0 Å². The Bertz CT molecular complexity index is 498. The van der Waals surface area contributed by atoms with Crippen LogP contribution < -0.4 is 4.74 Å². The lowest BCUT2D eigenvalue weighted by Gasteiger charge is -2.06. The smallest absolute Gasteiger partial charge is 0.387 e. The van der Waals surface area contributed by atoms with E-state index in [1.165, 1.54) is 24.3 Å². The molecule has 4 nitrogen and oxygen atoms in total. The van der Waals surface area contributed by atoms with Crippen molar-refractivity contribution in [1.82, 2.24) is 0 Å². The molecule has 0 spiro atoms. The molecule has 0 radical (unpaired) electrons. The number of ketones is 1. The number of halogens is 2. The summed E-state index contributed by atoms with van der Waals surface area (Å²) in [7, 11) is 0. The van der Waals surface area contributed by atoms with Crippen LogP contribution in [0.4, 0.5) is 8.78 Å². The molecule has 0 unspecified atom stereocenters. The van der Waals surface area contributed by atoms with E-state index in [9.17, 15) is 18.4 Å². The lowest BCUT2D eigenvalue weighted by Crippen LogP contribution is -2.15. The van der Waals surface area contributed by atoms with Gasteiger partial charge in [0, 0.05) is 5.56 Å². The Balaban J connectivity index is 1.84. The van der Waals surface area contributed by atoms with Gasteiger partial charge in [-0.15, -0.1) is 0 Å². The molecule has 0 N–H and O–H groups in total. The van der Waals surface area contributed by atoms with Gasteiger partial charge in [0.1, 0.15) is 5.75 Å². The third-order valence-electron chi connectivity index (χ3n) is 3.16. The molecule has 0 saturated heterocycles. The SMILES string of the molecule is C[C@@H]1C[C@@H]1C(=O)OCC(=O)c1ccc(OC(F)F)cc1. The number of alkyl halides is 2. The van der Waals surface area contributed by atoms with Gasteiger partial charge in [-0.05, 0) is 36.6 Å². The summed E-state index contributed by atoms with van der Waals surface area (Å²) in [5, 5.41) is 0. The molecule has 2 atom stereocenters. The molecule has 1 saturated carbocycles. The summed E-state index contributed by atoms with van der Waals surface area (Å²) in [6.45, 7) is -1.30. The van der Waals surface area contributed by atoms with Crippen LogP contribution in [0.3, 0.4) is 0 Å². The molecular formula is C14H14F2O4. The molecule has 1 aromatic carbocycles. The van der Waals surface area contributed by atoms with Crippen molar-refractivity contribution in [3.05, 3.63) is 29.8 Å². The maximum Gasteiger partial charge on any atom is 0.387 e. The van der Waals surface area contributed by atoms with Gasteiger partial charge >= 0.3 is 12.6 Å². The molecule has 1 aromatic rings. The van der Waals surface area contributed by atoms with Gasteiger partial charge in [-0.25, -0.2) is 0 Å². The molecule has 0 amide bonds. The van der Waals surface area contributed by atoms with E-state index in [-0.39, 0.29) is 35.6 Å². The van der Waals surface area contributed by atoms with Crippen molar-refractivity contribution in [3.63, 3.8) is 0 Å². The van der Waals surface area contributed by atoms with Crippen LogP contribution in [-0.4, -0.2) is 25.0 Å². The predicted molar refractivity (Wildman–Crippen MR) is 65.6 cm³/mol. The second kappa shape index (κ2) is 5.98. The fourth-order valence-electron chi connectivity index (χ4n) is 1.80. The Morgan fingerprint density at radius 2 is 1.90 bits per heavy atom. The molecule has 6 heteroatoms. The lowest BCUT2D eigenvalue weighted by molar-refractivity contribution is -0.144. The quantitative estimate of drug-likeness (QED) is 0.595. The number of esters is 1. The minimum Gasteiger partial charge on any atom is -0.457 e. The fourth-order valence-corrected chi connectivity index (χ4v) is 1.80. The van der Waals surface area contributed by atoms with Crippen molar-refractivity contribution < 1.29 is 27.8 Å². The van der Waals surface area contributed by atoms with Gasteiger partial charge in [0.2, 0.25) is 0 Å². The summed E-state index contributed by atoms with van der Waals surface area (Å²) in [6.07, 6.45) is 0.798. The van der Waals surface area contributed by atoms with Crippen LogP contribution in [0.15, 0.2) is 24.3 Å². The molecule has 1 aliphatic rings. The van der Waals surface area contributed by atoms with E-state index < -0.39 is 6.61 Å². The average molecular weight is 284 g/mol. The van der Waals surface area contributed by atoms with E-state index >= 15 is 0 Å². The summed E-state index contributed by atoms with van der Waals surface area (Å²) in [5.41, 5.74) is 0.281. The highest BCUT2D eigenvalue weighted by atomic mass is 19.3. The molecule has 1 fully saturated rings. The largest absolute Gasteiger partial charge is 0.457 e. The molecule has 0 aromatic heterocycles. The first-order valence-corrected chi connectivity index (χ1v) is 6.22. The van der Waals surface area contributed by atoms with Gasteiger partial charge < -0.3 is 9.47 Å². The second-order valence-corrected chi connectivity index (χ2v) is 4.75. The molecule has 2 rings (SSSR count). The Hall–Kier alpha value is -1.98. The van der Waals surface area contributed by atoms with Gasteiger partial charge in [0.15, 0.2) is 12.4 Å². The monoisotopic (exact) mass is 284 g/mol. The summed E-state index contributed by atoms with van der Waals surface area (Å²) in [6, 6.07) is 5.25. The van der Waals surface area contributed by atoms with Crippen molar-refractivity contribution in [3.8, 4) is 5.75 Å². The highest BCUT2D eigenvalue weighted by molar-refractivity contribution is 5.98. The maximum atomic E-state index is 12.0. The van der Waals surface area contributed by atoms with Gasteiger partial charge in [0.25, 0.3) is 0 Å². The average Bonchev–Trinajstić information content (AvgIpc) is 3.13. The van der Waals surface area contributed by atoms with E-state index in [4.69, 9.17) is 4.74 Å². The number of benzene rings is 1. The summed E-state index contributed by atoms with van der Waals surface area (Å²) < 4.78 is 33.0. The Labute approximate surface area is 114 Å². The number of carbonyl (C=O) groups excluding carboxylic acids is 2. The van der Waals surface area contributed by atoms with Crippen molar-refractivity contribution in [2.45, 2.75) is 20.0 Å². The fraction of sp³-hybridized carbons (Fsp3) is 0.429. The van der Waals surface area contributed by atoms with Gasteiger partial charge in [0.05, 0.1) is 5.92 Å². The first-order chi connectivity index (χ1) is 9.47. The minimum absolute atomic E-state index is 0.0275. The molecular weight excluding hydrogens is 270 g/mol. The predicted octanol–water partition coefficient (Wildman–Crippen LogP) is 2.67. The standard InChI is InChI=1S/C14H14F2O4/c1-8-6-11(8)13(18)19-7-12(17)9-2-4-10(5-3-9)20-14(15)16/h2-5,8,11,14H,6-7H2,1H3/t8-,11+/m1/s1. The minimum atomic E-state index is -2.90. The Kier molecular flexibility index (Phi) is 4.32. The number of ether oxygens (including phenoxy) is 2. The van der Waals surface area contributed by atoms with Gasteiger partial charge in [-0.1, -0.05) is 6.92 Å². The number of hydrogen-bond acceptors (Lipinski definition) is 4. The molecule has 1 aliphatic carbocycles. The van der Waals surface area contributed by atoms with Crippen LogP contribution in [0, 0.1) is 11.8 Å². The van der Waals surface area contributed by atoms with Crippen LogP contribution in [0.5, 0.6) is 5.75 Å². The van der Waals surface area contributed by atoms with E-state index in [1.807, 2.05) is 6.92 Å². The number of rotatable bonds is 6. The zero-order chi connectivity index (χ0) is 14.7. The Morgan fingerprint density at radius 3 is 2.40 bits per heavy atom. The van der Waals surface area contributed by atoms with E-state index in [1.54, 1.807) is 0 Å². The van der Waals surface area contributed by atoms with Crippen LogP contribution >= 0.6 is 0 Å². The summed E-state index contributed by atoms with van der Waals surface area (Å²) >= 11 is 0. The van der Waals surface area contributed by atoms with Crippen LogP contribution in [0.25, 0.3) is 0 Å². The lowest BCUT2D eigenvalue weighted by atomic mass is 10.1. The normalized spacial score (nSPS) is 20.6. The van der Waals surface area contributed by atoms with Gasteiger partial charge in [-0.2, -0.15) is 8.78 Å². The number of Topliss-reactive ketones (excluding diaryl/α,β-unsaturated/α-hetero) is 1. The topological polar surface area (TPSA) is 52.6 Å². The molecule has 0 heterocycles. The molecule has 20 heavy (non-hydrogen) atoms. The Morgan fingerprint density at radius 1 is 1.30 bits per heavy atom. The van der Waals surface area contributed by atoms with Crippen molar-refractivity contribution in [1.29, 1.82) is 0 Å². The van der Waals surface area contributed by atoms with Crippen molar-refractivity contribution in [2.24, 2.45) is 11.8 Å². The summed E-state index contributed by atoms with van der Waals surface area (Å²) in [4.78, 5) is 23.2. The van der Waals surface area contributed by atoms with E-state index in [2.05, 4.69) is 4.74 Å². The van der Waals surface area contributed by atoms with E-state index in [0.717, 1.165) is 6.42 Å². The third-order valence-corrected chi connectivity index (χ3v) is 3.16. The second-order valence-electron chi connectivity index (χ2n) is 4.75. The molecule has 0 bridgehead atoms. The van der Waals surface area contributed by atoms with E-state index in [0.29, 0.717) is 5.92 Å². The summed E-state index contributed by atoms with van der Waals surface area (Å²) in [5.74, 6) is -0.535. The number of carbonyl (C=O) groups is 2. The van der Waals surface area contributed by atoms with Crippen LogP contribution in [0.1, 0.15) is 23.7 Å².